The summed E-state index contributed by atoms with van der Waals surface area (Å²) in [6, 6.07) is 81.6. The molecule has 0 spiro atoms. The number of aromatic nitrogens is 8. The van der Waals surface area contributed by atoms with Crippen LogP contribution in [0.25, 0.3) is 104 Å². The smallest absolute Gasteiger partial charge is 0.222 e. The molecule has 0 N–H and O–H groups in total. The number of nitrogens with zero attached hydrogens (tertiary/aromatic N) is 9. The van der Waals surface area contributed by atoms with Crippen molar-refractivity contribution in [3.05, 3.63) is 291 Å². The lowest BCUT2D eigenvalue weighted by Crippen LogP contribution is -2.08. The van der Waals surface area contributed by atoms with Crippen molar-refractivity contribution in [3.8, 4) is 80.5 Å². The second kappa shape index (κ2) is 39.4. The van der Waals surface area contributed by atoms with E-state index < -0.39 is 0 Å². The molecule has 9 aromatic carbocycles. The van der Waals surface area contributed by atoms with Gasteiger partial charge in [0.05, 0.1) is 66.5 Å². The fourth-order valence-electron chi connectivity index (χ4n) is 12.1. The van der Waals surface area contributed by atoms with E-state index in [2.05, 4.69) is 121 Å². The Hall–Kier alpha value is -12.7. The predicted octanol–water partition coefficient (Wildman–Crippen LogP) is 24.2. The highest BCUT2D eigenvalue weighted by atomic mass is 35.5. The molecule has 0 fully saturated rings. The highest BCUT2D eigenvalue weighted by Crippen LogP contribution is 2.36. The van der Waals surface area contributed by atoms with Crippen molar-refractivity contribution >= 4 is 81.9 Å². The molecule has 0 atom stereocenters. The largest absolute Gasteiger partial charge is 0.497 e. The van der Waals surface area contributed by atoms with Gasteiger partial charge in [0.25, 0.3) is 0 Å². The molecule has 16 nitrogen and oxygen atoms in total. The summed E-state index contributed by atoms with van der Waals surface area (Å²) in [5, 5.41) is 16.8. The van der Waals surface area contributed by atoms with Gasteiger partial charge in [-0.3, -0.25) is 0 Å². The van der Waals surface area contributed by atoms with E-state index in [1.165, 1.54) is 11.8 Å². The Kier molecular flexibility index (Phi) is 28.5. The Morgan fingerprint density at radius 2 is 0.711 bits per heavy atom. The van der Waals surface area contributed by atoms with Crippen LogP contribution in [0.1, 0.15) is 83.1 Å². The molecule has 0 saturated carbocycles. The lowest BCUT2D eigenvalue weighted by molar-refractivity contribution is 0.235. The minimum absolute atomic E-state index is 0.0337. The first-order valence-electron chi connectivity index (χ1n) is 38.2. The van der Waals surface area contributed by atoms with Crippen molar-refractivity contribution in [2.45, 2.75) is 120 Å². The maximum Gasteiger partial charge on any atom is 0.222 e. The predicted molar refractivity (Wildman–Crippen MR) is 464 cm³/mol. The standard InChI is InChI=1S/C20H22N2O.C19H19NO2.C18H17NO.C15H15N3O.C12H12ClNO.C12H12FNO/c1-14(2)23-20-18-8-6-5-7-16(18)13-19(21-20)15-9-11-17(12-10-15)22(3)4;1-13(2)22-19-17-7-5-4-6-15(17)12-18(20-19)14-8-10-16(21-3)11-9-14;1-13(2)20-18-16-11-7-6-10-15(16)12-17(19-18)14-8-4-3-5-9-14;1-11(2)19-15-14-5-4-13(18-9-3-7-17-18)10-12(14)6-8-16-15;2*1-8(2)15-12-10-4-3-5-11(13)9(10)6-7-14-12/h5-14H,1-4H3;4-13H,1-3H3;3-13H,1-2H3;3-11H,1-2H3;2*3-8H,1-2H3. The normalized spacial score (nSPS) is 11.0. The van der Waals surface area contributed by atoms with Gasteiger partial charge in [-0.1, -0.05) is 121 Å². The zero-order valence-corrected chi connectivity index (χ0v) is 67.9. The van der Waals surface area contributed by atoms with Gasteiger partial charge in [-0.2, -0.15) is 5.10 Å². The molecule has 18 heteroatoms. The number of halogens is 2. The van der Waals surface area contributed by atoms with Crippen LogP contribution in [0, 0.1) is 5.82 Å². The number of fused-ring (bicyclic) bond motifs is 6. The van der Waals surface area contributed by atoms with Crippen LogP contribution in [0.15, 0.2) is 280 Å². The zero-order valence-electron chi connectivity index (χ0n) is 67.2. The second-order valence-corrected chi connectivity index (χ2v) is 28.9. The van der Waals surface area contributed by atoms with E-state index in [-0.39, 0.29) is 42.4 Å². The number of hydrogen-bond acceptors (Lipinski definition) is 15. The number of benzene rings is 9. The SMILES string of the molecule is CC(C)Oc1nc(-c2ccc(N(C)C)cc2)cc2ccccc12.CC(C)Oc1nc(-c2ccccc2)cc2ccccc12.CC(C)Oc1nccc2c(Cl)cccc12.CC(C)Oc1nccc2c(F)cccc12.CC(C)Oc1nccc2cc(-n3cccn3)ccc12.COc1ccc(-c2cc3ccccc3c(OC(C)C)n2)cc1. The monoisotopic (exact) mass is 1540 g/mol. The molecule has 7 aromatic heterocycles. The first kappa shape index (κ1) is 82.2. The Balaban J connectivity index is 0.000000136. The maximum atomic E-state index is 13.4. The van der Waals surface area contributed by atoms with Gasteiger partial charge < -0.3 is 38.1 Å². The topological polar surface area (TPSA) is 163 Å². The van der Waals surface area contributed by atoms with Crippen molar-refractivity contribution in [3.63, 3.8) is 0 Å². The molecule has 0 bridgehead atoms. The molecular weight excluding hydrogens is 1450 g/mol. The van der Waals surface area contributed by atoms with Crippen LogP contribution in [0.4, 0.5) is 10.1 Å². The minimum atomic E-state index is -0.247. The number of pyridine rings is 6. The van der Waals surface area contributed by atoms with Crippen LogP contribution in [0.2, 0.25) is 5.02 Å². The van der Waals surface area contributed by atoms with Crippen molar-refractivity contribution in [1.82, 2.24) is 39.7 Å². The maximum absolute atomic E-state index is 13.4. The number of hydrogen-bond donors (Lipinski definition) is 0. The second-order valence-electron chi connectivity index (χ2n) is 28.5. The number of methoxy groups -OCH3 is 1. The van der Waals surface area contributed by atoms with Gasteiger partial charge in [0, 0.05) is 116 Å². The molecular formula is C96H97ClFN9O7. The van der Waals surface area contributed by atoms with Gasteiger partial charge in [-0.25, -0.2) is 39.0 Å². The van der Waals surface area contributed by atoms with Crippen LogP contribution >= 0.6 is 11.6 Å². The number of rotatable bonds is 18. The molecule has 16 aromatic rings. The van der Waals surface area contributed by atoms with Crippen LogP contribution in [0.5, 0.6) is 41.0 Å². The van der Waals surface area contributed by atoms with E-state index in [1.54, 1.807) is 44.0 Å². The van der Waals surface area contributed by atoms with Gasteiger partial charge in [0.1, 0.15) is 11.6 Å². The summed E-state index contributed by atoms with van der Waals surface area (Å²) >= 11 is 6.08. The summed E-state index contributed by atoms with van der Waals surface area (Å²) in [7, 11) is 5.74. The highest BCUT2D eigenvalue weighted by molar-refractivity contribution is 6.35. The average Bonchev–Trinajstić information content (AvgIpc) is 1.28. The summed E-state index contributed by atoms with van der Waals surface area (Å²) in [6.45, 7) is 23.9. The van der Waals surface area contributed by atoms with Crippen molar-refractivity contribution in [2.75, 3.05) is 26.1 Å². The molecule has 0 saturated heterocycles. The number of anilines is 1. The molecule has 0 unspecified atom stereocenters. The van der Waals surface area contributed by atoms with Crippen molar-refractivity contribution in [1.29, 1.82) is 0 Å². The van der Waals surface area contributed by atoms with E-state index in [0.717, 1.165) is 104 Å². The average molecular weight is 1540 g/mol. The molecule has 0 radical (unpaired) electrons. The highest BCUT2D eigenvalue weighted by Gasteiger charge is 2.16. The van der Waals surface area contributed by atoms with Gasteiger partial charge in [0.2, 0.25) is 35.3 Å². The van der Waals surface area contributed by atoms with E-state index in [9.17, 15) is 4.39 Å². The van der Waals surface area contributed by atoms with Crippen molar-refractivity contribution in [2.24, 2.45) is 0 Å². The minimum Gasteiger partial charge on any atom is -0.497 e. The lowest BCUT2D eigenvalue weighted by Gasteiger charge is -2.15. The van der Waals surface area contributed by atoms with E-state index in [1.807, 2.05) is 248 Å². The molecule has 114 heavy (non-hydrogen) atoms. The van der Waals surface area contributed by atoms with Crippen LogP contribution in [-0.4, -0.2) is 97.5 Å². The molecule has 7 heterocycles. The zero-order chi connectivity index (χ0) is 80.8. The third kappa shape index (κ3) is 22.1. The first-order chi connectivity index (χ1) is 55.0. The summed E-state index contributed by atoms with van der Waals surface area (Å²) in [6.07, 6.45) is 9.29. The van der Waals surface area contributed by atoms with E-state index >= 15 is 0 Å². The third-order valence-electron chi connectivity index (χ3n) is 17.2. The van der Waals surface area contributed by atoms with Gasteiger partial charge in [-0.15, -0.1) is 0 Å². The van der Waals surface area contributed by atoms with Gasteiger partial charge in [-0.05, 0) is 244 Å². The Morgan fingerprint density at radius 1 is 0.333 bits per heavy atom. The Morgan fingerprint density at radius 3 is 1.16 bits per heavy atom. The lowest BCUT2D eigenvalue weighted by atomic mass is 10.1. The number of ether oxygens (including phenoxy) is 7. The Labute approximate surface area is 672 Å². The van der Waals surface area contributed by atoms with Crippen LogP contribution in [0.3, 0.4) is 0 Å². The van der Waals surface area contributed by atoms with Crippen LogP contribution in [-0.2, 0) is 0 Å². The quantitative estimate of drug-likeness (QED) is 0.0797. The van der Waals surface area contributed by atoms with Crippen molar-refractivity contribution < 1.29 is 37.5 Å². The summed E-state index contributed by atoms with van der Waals surface area (Å²) in [5.74, 6) is 4.49. The molecule has 16 rings (SSSR count). The van der Waals surface area contributed by atoms with E-state index in [0.29, 0.717) is 46.1 Å². The molecule has 0 aliphatic rings. The molecule has 582 valence electrons. The summed E-state index contributed by atoms with van der Waals surface area (Å²) < 4.78 is 55.0. The molecule has 0 amide bonds. The fourth-order valence-corrected chi connectivity index (χ4v) is 12.4. The molecule has 0 aliphatic carbocycles. The third-order valence-corrected chi connectivity index (χ3v) is 17.6. The van der Waals surface area contributed by atoms with E-state index in [4.69, 9.17) is 54.7 Å². The summed E-state index contributed by atoms with van der Waals surface area (Å²) in [4.78, 5) is 28.8. The van der Waals surface area contributed by atoms with Gasteiger partial charge in [0.15, 0.2) is 0 Å². The Bertz CT molecular complexity index is 5700. The summed E-state index contributed by atoms with van der Waals surface area (Å²) in [5.41, 5.74) is 8.22. The molecule has 0 aliphatic heterocycles. The van der Waals surface area contributed by atoms with Crippen LogP contribution < -0.4 is 38.1 Å². The fraction of sp³-hybridized carbons (Fsp3) is 0.219. The first-order valence-corrected chi connectivity index (χ1v) is 38.6. The van der Waals surface area contributed by atoms with Gasteiger partial charge >= 0.3 is 0 Å².